The molecular weight excluding hydrogens is 347 g/mol. The molecule has 2 heterocycles. The van der Waals surface area contributed by atoms with E-state index in [4.69, 9.17) is 4.74 Å². The highest BCUT2D eigenvalue weighted by Gasteiger charge is 2.48. The zero-order valence-electron chi connectivity index (χ0n) is 15.6. The number of aromatic nitrogens is 1. The van der Waals surface area contributed by atoms with Gasteiger partial charge in [0.15, 0.2) is 0 Å². The van der Waals surface area contributed by atoms with Crippen LogP contribution in [0.4, 0.5) is 4.39 Å². The van der Waals surface area contributed by atoms with E-state index in [1.165, 1.54) is 19.2 Å². The number of carbonyl (C=O) groups is 2. The molecule has 2 aliphatic rings. The predicted octanol–water partition coefficient (Wildman–Crippen LogP) is 3.63. The van der Waals surface area contributed by atoms with Gasteiger partial charge in [-0.3, -0.25) is 9.78 Å². The van der Waals surface area contributed by atoms with Crippen LogP contribution in [-0.4, -0.2) is 41.0 Å². The molecule has 3 atom stereocenters. The number of ether oxygens (including phenoxy) is 1. The van der Waals surface area contributed by atoms with Gasteiger partial charge in [0.25, 0.3) is 5.91 Å². The van der Waals surface area contributed by atoms with Crippen LogP contribution in [0, 0.1) is 18.7 Å². The summed E-state index contributed by atoms with van der Waals surface area (Å²) in [4.78, 5) is 32.1. The molecule has 1 aliphatic heterocycles. The molecule has 27 heavy (non-hydrogen) atoms. The largest absolute Gasteiger partial charge is 0.467 e. The normalized spacial score (nSPS) is 24.7. The van der Waals surface area contributed by atoms with E-state index in [2.05, 4.69) is 4.98 Å². The topological polar surface area (TPSA) is 59.5 Å². The first kappa shape index (κ1) is 17.9. The van der Waals surface area contributed by atoms with Crippen LogP contribution in [-0.2, 0) is 9.53 Å². The van der Waals surface area contributed by atoms with Crippen molar-refractivity contribution in [1.29, 1.82) is 0 Å². The number of rotatable bonds is 2. The average Bonchev–Trinajstić information content (AvgIpc) is 3.05. The van der Waals surface area contributed by atoms with Crippen LogP contribution in [0.2, 0.25) is 0 Å². The van der Waals surface area contributed by atoms with Gasteiger partial charge in [0.1, 0.15) is 11.9 Å². The van der Waals surface area contributed by atoms with Crippen molar-refractivity contribution in [1.82, 2.24) is 9.88 Å². The number of methoxy groups -OCH3 is 1. The molecule has 1 aromatic carbocycles. The third-order valence-electron chi connectivity index (χ3n) is 5.93. The SMILES string of the molecule is COC(=O)C1CC2CCCCC2N1C(=O)c1cc(C)nc2cc(F)ccc12. The molecular formula is C21H23FN2O3. The number of fused-ring (bicyclic) bond motifs is 2. The molecule has 4 rings (SSSR count). The third kappa shape index (κ3) is 3.07. The van der Waals surface area contributed by atoms with E-state index < -0.39 is 6.04 Å². The summed E-state index contributed by atoms with van der Waals surface area (Å²) in [6.45, 7) is 1.78. The number of pyridine rings is 1. The Hall–Kier alpha value is -2.50. The lowest BCUT2D eigenvalue weighted by atomic mass is 9.84. The first-order chi connectivity index (χ1) is 13.0. The zero-order chi connectivity index (χ0) is 19.1. The molecule has 0 radical (unpaired) electrons. The molecule has 1 saturated carbocycles. The second-order valence-corrected chi connectivity index (χ2v) is 7.57. The molecule has 6 heteroatoms. The molecule has 1 amide bonds. The molecule has 1 saturated heterocycles. The molecule has 2 fully saturated rings. The van der Waals surface area contributed by atoms with Gasteiger partial charge < -0.3 is 9.64 Å². The van der Waals surface area contributed by atoms with Gasteiger partial charge in [-0.05, 0) is 50.3 Å². The van der Waals surface area contributed by atoms with Crippen LogP contribution in [0.5, 0.6) is 0 Å². The molecule has 5 nitrogen and oxygen atoms in total. The summed E-state index contributed by atoms with van der Waals surface area (Å²) in [5.74, 6) is -0.612. The molecule has 1 aromatic heterocycles. The number of nitrogens with zero attached hydrogens (tertiary/aromatic N) is 2. The van der Waals surface area contributed by atoms with E-state index in [1.54, 1.807) is 24.0 Å². The zero-order valence-corrected chi connectivity index (χ0v) is 15.6. The number of esters is 1. The maximum atomic E-state index is 13.6. The highest BCUT2D eigenvalue weighted by atomic mass is 19.1. The Morgan fingerprint density at radius 3 is 2.78 bits per heavy atom. The lowest BCUT2D eigenvalue weighted by Gasteiger charge is -2.33. The van der Waals surface area contributed by atoms with Crippen molar-refractivity contribution in [2.75, 3.05) is 7.11 Å². The minimum Gasteiger partial charge on any atom is -0.467 e. The minimum atomic E-state index is -0.556. The number of benzene rings is 1. The van der Waals surface area contributed by atoms with Crippen LogP contribution in [0.1, 0.15) is 48.2 Å². The summed E-state index contributed by atoms with van der Waals surface area (Å²) < 4.78 is 18.6. The number of halogens is 1. The molecule has 0 spiro atoms. The van der Waals surface area contributed by atoms with Gasteiger partial charge in [0.05, 0.1) is 18.2 Å². The molecule has 0 N–H and O–H groups in total. The fourth-order valence-corrected chi connectivity index (χ4v) is 4.75. The molecule has 2 aromatic rings. The van der Waals surface area contributed by atoms with E-state index >= 15 is 0 Å². The van der Waals surface area contributed by atoms with Crippen molar-refractivity contribution in [3.8, 4) is 0 Å². The van der Waals surface area contributed by atoms with Crippen LogP contribution in [0.3, 0.4) is 0 Å². The maximum absolute atomic E-state index is 13.6. The highest BCUT2D eigenvalue weighted by Crippen LogP contribution is 2.41. The van der Waals surface area contributed by atoms with Crippen molar-refractivity contribution >= 4 is 22.8 Å². The summed E-state index contributed by atoms with van der Waals surface area (Å²) in [6.07, 6.45) is 4.78. The van der Waals surface area contributed by atoms with E-state index in [0.29, 0.717) is 34.5 Å². The Balaban J connectivity index is 1.80. The summed E-state index contributed by atoms with van der Waals surface area (Å²) >= 11 is 0. The van der Waals surface area contributed by atoms with Crippen molar-refractivity contribution in [2.45, 2.75) is 51.1 Å². The first-order valence-corrected chi connectivity index (χ1v) is 9.47. The van der Waals surface area contributed by atoms with Gasteiger partial charge in [-0.25, -0.2) is 9.18 Å². The van der Waals surface area contributed by atoms with Crippen molar-refractivity contribution < 1.29 is 18.7 Å². The molecule has 142 valence electrons. The average molecular weight is 370 g/mol. The van der Waals surface area contributed by atoms with Crippen LogP contribution < -0.4 is 0 Å². The van der Waals surface area contributed by atoms with Gasteiger partial charge >= 0.3 is 5.97 Å². The van der Waals surface area contributed by atoms with E-state index in [1.807, 2.05) is 0 Å². The monoisotopic (exact) mass is 370 g/mol. The Labute approximate surface area is 157 Å². The Kier molecular flexibility index (Phi) is 4.58. The minimum absolute atomic E-state index is 0.0549. The lowest BCUT2D eigenvalue weighted by molar-refractivity contribution is -0.145. The van der Waals surface area contributed by atoms with Crippen LogP contribution >= 0.6 is 0 Å². The fraction of sp³-hybridized carbons (Fsp3) is 0.476. The number of amides is 1. The summed E-state index contributed by atoms with van der Waals surface area (Å²) in [5.41, 5.74) is 1.57. The Morgan fingerprint density at radius 2 is 2.00 bits per heavy atom. The van der Waals surface area contributed by atoms with Crippen molar-refractivity contribution in [3.05, 3.63) is 41.3 Å². The lowest BCUT2D eigenvalue weighted by Crippen LogP contribution is -2.46. The number of hydrogen-bond acceptors (Lipinski definition) is 4. The summed E-state index contributed by atoms with van der Waals surface area (Å²) in [7, 11) is 1.36. The van der Waals surface area contributed by atoms with Gasteiger partial charge in [-0.1, -0.05) is 12.8 Å². The molecule has 3 unspecified atom stereocenters. The van der Waals surface area contributed by atoms with Crippen molar-refractivity contribution in [3.63, 3.8) is 0 Å². The fourth-order valence-electron chi connectivity index (χ4n) is 4.75. The van der Waals surface area contributed by atoms with E-state index in [9.17, 15) is 14.0 Å². The van der Waals surface area contributed by atoms with Gasteiger partial charge in [-0.2, -0.15) is 0 Å². The number of aryl methyl sites for hydroxylation is 1. The van der Waals surface area contributed by atoms with Crippen LogP contribution in [0.25, 0.3) is 10.9 Å². The van der Waals surface area contributed by atoms with E-state index in [0.717, 1.165) is 25.7 Å². The second-order valence-electron chi connectivity index (χ2n) is 7.57. The van der Waals surface area contributed by atoms with Gasteiger partial charge in [0.2, 0.25) is 0 Å². The smallest absolute Gasteiger partial charge is 0.328 e. The Bertz CT molecular complexity index is 908. The molecule has 0 bridgehead atoms. The maximum Gasteiger partial charge on any atom is 0.328 e. The second kappa shape index (κ2) is 6.91. The number of likely N-dealkylation sites (tertiary alicyclic amines) is 1. The summed E-state index contributed by atoms with van der Waals surface area (Å²) in [6, 6.07) is 5.49. The molecule has 1 aliphatic carbocycles. The standard InChI is InChI=1S/C21H23FN2O3/c1-12-9-16(15-8-7-14(22)11-17(15)23-12)20(25)24-18-6-4-3-5-13(18)10-19(24)21(26)27-2/h7-9,11,13,18-19H,3-6,10H2,1-2H3. The Morgan fingerprint density at radius 1 is 1.22 bits per heavy atom. The predicted molar refractivity (Wildman–Crippen MR) is 98.8 cm³/mol. The van der Waals surface area contributed by atoms with Gasteiger partial charge in [-0.15, -0.1) is 0 Å². The first-order valence-electron chi connectivity index (χ1n) is 9.47. The number of hydrogen-bond donors (Lipinski definition) is 0. The number of carbonyl (C=O) groups excluding carboxylic acids is 2. The van der Waals surface area contributed by atoms with Crippen LogP contribution in [0.15, 0.2) is 24.3 Å². The van der Waals surface area contributed by atoms with Crippen molar-refractivity contribution in [2.24, 2.45) is 5.92 Å². The van der Waals surface area contributed by atoms with Gasteiger partial charge in [0, 0.05) is 23.2 Å². The third-order valence-corrected chi connectivity index (χ3v) is 5.93. The van der Waals surface area contributed by atoms with E-state index in [-0.39, 0.29) is 23.7 Å². The highest BCUT2D eigenvalue weighted by molar-refractivity contribution is 6.07. The quantitative estimate of drug-likeness (QED) is 0.758. The summed E-state index contributed by atoms with van der Waals surface area (Å²) in [5, 5.41) is 0.606.